The molecule has 1 aromatic rings. The van der Waals surface area contributed by atoms with Crippen molar-refractivity contribution in [3.63, 3.8) is 0 Å². The molecule has 0 bridgehead atoms. The molecular weight excluding hydrogens is 282 g/mol. The molecule has 0 radical (unpaired) electrons. The van der Waals surface area contributed by atoms with Gasteiger partial charge in [-0.2, -0.15) is 0 Å². The molecule has 0 aliphatic carbocycles. The average molecular weight is 300 g/mol. The number of ether oxygens (including phenoxy) is 1. The predicted octanol–water partition coefficient (Wildman–Crippen LogP) is 2.58. The van der Waals surface area contributed by atoms with Gasteiger partial charge in [0.05, 0.1) is 7.11 Å². The van der Waals surface area contributed by atoms with Gasteiger partial charge in [-0.3, -0.25) is 4.79 Å². The van der Waals surface area contributed by atoms with Crippen molar-refractivity contribution in [1.82, 2.24) is 5.32 Å². The van der Waals surface area contributed by atoms with Crippen molar-refractivity contribution in [1.29, 1.82) is 0 Å². The summed E-state index contributed by atoms with van der Waals surface area (Å²) >= 11 is 3.28. The van der Waals surface area contributed by atoms with Gasteiger partial charge in [-0.05, 0) is 19.4 Å². The van der Waals surface area contributed by atoms with Crippen LogP contribution in [-0.2, 0) is 9.53 Å². The predicted molar refractivity (Wildman–Crippen MR) is 72.3 cm³/mol. The summed E-state index contributed by atoms with van der Waals surface area (Å²) in [5.41, 5.74) is 2.45. The molecule has 94 valence electrons. The highest BCUT2D eigenvalue weighted by molar-refractivity contribution is 9.10. The van der Waals surface area contributed by atoms with Crippen molar-refractivity contribution < 1.29 is 9.53 Å². The fraction of sp³-hybridized carbons (Fsp3) is 0.462. The topological polar surface area (TPSA) is 38.3 Å². The Hall–Kier alpha value is -0.870. The molecule has 1 N–H and O–H groups in total. The molecular formula is C13H18BrNO2. The smallest absolute Gasteiger partial charge is 0.320 e. The number of alkyl halides is 1. The van der Waals surface area contributed by atoms with Crippen LogP contribution in [-0.4, -0.2) is 24.5 Å². The van der Waals surface area contributed by atoms with E-state index < -0.39 is 0 Å². The number of hydrogen-bond acceptors (Lipinski definition) is 3. The second kappa shape index (κ2) is 6.77. The summed E-state index contributed by atoms with van der Waals surface area (Å²) in [5, 5.41) is 3.29. The summed E-state index contributed by atoms with van der Waals surface area (Å²) in [6.45, 7) is 4.69. The number of aryl methyl sites for hydroxylation is 1. The highest BCUT2D eigenvalue weighted by Gasteiger charge is 2.16. The second-order valence-corrected chi connectivity index (χ2v) is 5.14. The number of benzene rings is 1. The van der Waals surface area contributed by atoms with Crippen LogP contribution in [0.25, 0.3) is 0 Å². The fourth-order valence-corrected chi connectivity index (χ4v) is 1.92. The number of carbonyl (C=O) groups is 1. The summed E-state index contributed by atoms with van der Waals surface area (Å²) in [4.78, 5) is 10.9. The standard InChI is InChI=1S/C13H18BrNO2/c1-9-5-4-6-11(7-9)10(2)15-8-12(14)13(16)17-3/h4-7,10,12,15H,8H2,1-3H3/t10-,12?/m0/s1. The van der Waals surface area contributed by atoms with Crippen LogP contribution in [0.15, 0.2) is 24.3 Å². The van der Waals surface area contributed by atoms with Crippen LogP contribution in [0.3, 0.4) is 0 Å². The Balaban J connectivity index is 2.50. The van der Waals surface area contributed by atoms with Crippen molar-refractivity contribution >= 4 is 21.9 Å². The third kappa shape index (κ3) is 4.48. The quantitative estimate of drug-likeness (QED) is 0.671. The van der Waals surface area contributed by atoms with E-state index in [0.29, 0.717) is 6.54 Å². The third-order valence-corrected chi connectivity index (χ3v) is 3.30. The van der Waals surface area contributed by atoms with Crippen LogP contribution in [0.2, 0.25) is 0 Å². The van der Waals surface area contributed by atoms with Crippen LogP contribution in [0.1, 0.15) is 24.1 Å². The van der Waals surface area contributed by atoms with E-state index in [1.54, 1.807) is 0 Å². The van der Waals surface area contributed by atoms with Gasteiger partial charge in [0.25, 0.3) is 0 Å². The van der Waals surface area contributed by atoms with E-state index in [1.165, 1.54) is 18.2 Å². The van der Waals surface area contributed by atoms with Crippen LogP contribution in [0, 0.1) is 6.92 Å². The Kier molecular flexibility index (Phi) is 5.65. The Bertz CT molecular complexity index is 381. The summed E-state index contributed by atoms with van der Waals surface area (Å²) in [6.07, 6.45) is 0. The molecule has 4 heteroatoms. The van der Waals surface area contributed by atoms with Gasteiger partial charge in [0.1, 0.15) is 4.83 Å². The van der Waals surface area contributed by atoms with E-state index in [9.17, 15) is 4.79 Å². The Morgan fingerprint density at radius 3 is 2.82 bits per heavy atom. The maximum Gasteiger partial charge on any atom is 0.320 e. The molecule has 3 nitrogen and oxygen atoms in total. The Morgan fingerprint density at radius 2 is 2.24 bits per heavy atom. The lowest BCUT2D eigenvalue weighted by Gasteiger charge is -2.16. The van der Waals surface area contributed by atoms with E-state index in [1.807, 2.05) is 6.07 Å². The van der Waals surface area contributed by atoms with Crippen molar-refractivity contribution in [2.75, 3.05) is 13.7 Å². The van der Waals surface area contributed by atoms with E-state index in [0.717, 1.165) is 0 Å². The molecule has 0 saturated carbocycles. The molecule has 0 fully saturated rings. The number of carbonyl (C=O) groups excluding carboxylic acids is 1. The van der Waals surface area contributed by atoms with Crippen molar-refractivity contribution in [2.24, 2.45) is 0 Å². The molecule has 0 heterocycles. The average Bonchev–Trinajstić information content (AvgIpc) is 2.34. The maximum absolute atomic E-state index is 11.2. The first-order chi connectivity index (χ1) is 8.04. The van der Waals surface area contributed by atoms with Crippen LogP contribution < -0.4 is 5.32 Å². The lowest BCUT2D eigenvalue weighted by atomic mass is 10.1. The number of nitrogens with one attached hydrogen (secondary N) is 1. The largest absolute Gasteiger partial charge is 0.468 e. The first-order valence-corrected chi connectivity index (χ1v) is 6.48. The van der Waals surface area contributed by atoms with E-state index >= 15 is 0 Å². The van der Waals surface area contributed by atoms with Crippen molar-refractivity contribution in [3.05, 3.63) is 35.4 Å². The van der Waals surface area contributed by atoms with Gasteiger partial charge < -0.3 is 10.1 Å². The number of halogens is 1. The van der Waals surface area contributed by atoms with Crippen molar-refractivity contribution in [3.8, 4) is 0 Å². The Morgan fingerprint density at radius 1 is 1.53 bits per heavy atom. The first kappa shape index (κ1) is 14.2. The molecule has 1 aromatic carbocycles. The van der Waals surface area contributed by atoms with Crippen LogP contribution >= 0.6 is 15.9 Å². The SMILES string of the molecule is COC(=O)C(Br)CN[C@@H](C)c1cccc(C)c1. The summed E-state index contributed by atoms with van der Waals surface area (Å²) in [7, 11) is 1.39. The van der Waals surface area contributed by atoms with Gasteiger partial charge in [-0.1, -0.05) is 45.8 Å². The Labute approximate surface area is 111 Å². The highest BCUT2D eigenvalue weighted by atomic mass is 79.9. The first-order valence-electron chi connectivity index (χ1n) is 5.56. The molecule has 0 aromatic heterocycles. The van der Waals surface area contributed by atoms with Gasteiger partial charge in [0.15, 0.2) is 0 Å². The molecule has 0 saturated heterocycles. The molecule has 0 aliphatic rings. The minimum atomic E-state index is -0.306. The minimum Gasteiger partial charge on any atom is -0.468 e. The van der Waals surface area contributed by atoms with Crippen molar-refractivity contribution in [2.45, 2.75) is 24.7 Å². The second-order valence-electron chi connectivity index (χ2n) is 4.03. The van der Waals surface area contributed by atoms with Gasteiger partial charge in [0.2, 0.25) is 0 Å². The summed E-state index contributed by atoms with van der Waals surface area (Å²) < 4.78 is 4.64. The zero-order valence-electron chi connectivity index (χ0n) is 10.4. The zero-order chi connectivity index (χ0) is 12.8. The van der Waals surface area contributed by atoms with Gasteiger partial charge in [-0.15, -0.1) is 0 Å². The summed E-state index contributed by atoms with van der Waals surface area (Å²) in [6, 6.07) is 8.53. The van der Waals surface area contributed by atoms with E-state index in [-0.39, 0.29) is 16.8 Å². The third-order valence-electron chi connectivity index (χ3n) is 2.60. The highest BCUT2D eigenvalue weighted by Crippen LogP contribution is 2.14. The molecule has 2 atom stereocenters. The zero-order valence-corrected chi connectivity index (χ0v) is 12.0. The number of hydrogen-bond donors (Lipinski definition) is 1. The summed E-state index contributed by atoms with van der Waals surface area (Å²) in [5.74, 6) is -0.256. The van der Waals surface area contributed by atoms with E-state index in [2.05, 4.69) is 58.0 Å². The monoisotopic (exact) mass is 299 g/mol. The fourth-order valence-electron chi connectivity index (χ4n) is 1.55. The number of esters is 1. The normalized spacial score (nSPS) is 14.1. The van der Waals surface area contributed by atoms with Crippen LogP contribution in [0.5, 0.6) is 0 Å². The molecule has 17 heavy (non-hydrogen) atoms. The molecule has 0 spiro atoms. The molecule has 0 amide bonds. The van der Waals surface area contributed by atoms with Crippen LogP contribution in [0.4, 0.5) is 0 Å². The molecule has 1 rings (SSSR count). The minimum absolute atomic E-state index is 0.208. The van der Waals surface area contributed by atoms with Gasteiger partial charge in [-0.25, -0.2) is 0 Å². The lowest BCUT2D eigenvalue weighted by Crippen LogP contribution is -2.31. The van der Waals surface area contributed by atoms with Gasteiger partial charge >= 0.3 is 5.97 Å². The van der Waals surface area contributed by atoms with Gasteiger partial charge in [0, 0.05) is 12.6 Å². The number of methoxy groups -OCH3 is 1. The maximum atomic E-state index is 11.2. The lowest BCUT2D eigenvalue weighted by molar-refractivity contribution is -0.139. The number of rotatable bonds is 5. The molecule has 0 aliphatic heterocycles. The molecule has 1 unspecified atom stereocenters. The van der Waals surface area contributed by atoms with E-state index in [4.69, 9.17) is 0 Å².